The molecule has 0 fully saturated rings. The molecule has 0 atom stereocenters. The van der Waals surface area contributed by atoms with Gasteiger partial charge in [0, 0.05) is 11.8 Å². The molecular formula is C9H13NOS. The molecule has 1 amide bonds. The monoisotopic (exact) mass is 183 g/mol. The summed E-state index contributed by atoms with van der Waals surface area (Å²) in [7, 11) is 0. The minimum atomic E-state index is 0.00241. The second kappa shape index (κ2) is 3.72. The van der Waals surface area contributed by atoms with Gasteiger partial charge in [-0.05, 0) is 25.0 Å². The second-order valence-electron chi connectivity index (χ2n) is 2.76. The molecule has 0 saturated carbocycles. The number of hydrogen-bond donors (Lipinski definition) is 1. The number of carbonyl (C=O) groups excluding carboxylic acids is 1. The normalized spacial score (nSPS) is 9.92. The van der Waals surface area contributed by atoms with Gasteiger partial charge in [0.05, 0.1) is 5.00 Å². The van der Waals surface area contributed by atoms with Crippen molar-refractivity contribution in [1.29, 1.82) is 0 Å². The Labute approximate surface area is 76.6 Å². The summed E-state index contributed by atoms with van der Waals surface area (Å²) in [5, 5.41) is 3.79. The van der Waals surface area contributed by atoms with Gasteiger partial charge in [0.2, 0.25) is 5.91 Å². The number of nitrogens with one attached hydrogen (secondary N) is 1. The molecule has 0 bridgehead atoms. The van der Waals surface area contributed by atoms with E-state index in [1.807, 2.05) is 6.92 Å². The summed E-state index contributed by atoms with van der Waals surface area (Å²) >= 11 is 1.66. The third-order valence-electron chi connectivity index (χ3n) is 1.61. The lowest BCUT2D eigenvalue weighted by atomic mass is 10.3. The van der Waals surface area contributed by atoms with Crippen molar-refractivity contribution in [2.45, 2.75) is 27.2 Å². The van der Waals surface area contributed by atoms with E-state index in [2.05, 4.69) is 18.3 Å². The molecule has 0 unspecified atom stereocenters. The smallest absolute Gasteiger partial charge is 0.221 e. The van der Waals surface area contributed by atoms with E-state index in [0.717, 1.165) is 17.0 Å². The molecule has 1 N–H and O–H groups in total. The number of thiophene rings is 1. The molecule has 66 valence electrons. The standard InChI is InChI=1S/C9H13NOS/c1-4-8-5-6(2)9(12-8)10-7(3)11/h5H,4H2,1-3H3,(H,10,11). The molecule has 0 saturated heterocycles. The van der Waals surface area contributed by atoms with Crippen LogP contribution in [0, 0.1) is 6.92 Å². The maximum Gasteiger partial charge on any atom is 0.221 e. The zero-order chi connectivity index (χ0) is 9.14. The van der Waals surface area contributed by atoms with Crippen molar-refractivity contribution in [3.63, 3.8) is 0 Å². The zero-order valence-corrected chi connectivity index (χ0v) is 8.42. The number of hydrogen-bond acceptors (Lipinski definition) is 2. The van der Waals surface area contributed by atoms with Crippen molar-refractivity contribution >= 4 is 22.2 Å². The van der Waals surface area contributed by atoms with Crippen LogP contribution in [0.1, 0.15) is 24.3 Å². The molecule has 0 radical (unpaired) electrons. The maximum absolute atomic E-state index is 10.8. The number of rotatable bonds is 2. The third kappa shape index (κ3) is 2.08. The summed E-state index contributed by atoms with van der Waals surface area (Å²) in [4.78, 5) is 12.1. The Morgan fingerprint density at radius 1 is 1.67 bits per heavy atom. The number of amides is 1. The first-order valence-corrected chi connectivity index (χ1v) is 4.82. The molecule has 12 heavy (non-hydrogen) atoms. The Hall–Kier alpha value is -0.830. The fourth-order valence-corrected chi connectivity index (χ4v) is 2.06. The molecule has 0 aromatic carbocycles. The number of aryl methyl sites for hydroxylation is 2. The third-order valence-corrected chi connectivity index (χ3v) is 2.90. The van der Waals surface area contributed by atoms with Crippen LogP contribution < -0.4 is 5.32 Å². The lowest BCUT2D eigenvalue weighted by molar-refractivity contribution is -0.114. The van der Waals surface area contributed by atoms with E-state index < -0.39 is 0 Å². The Morgan fingerprint density at radius 3 is 2.75 bits per heavy atom. The van der Waals surface area contributed by atoms with Crippen LogP contribution in [0.4, 0.5) is 5.00 Å². The van der Waals surface area contributed by atoms with E-state index in [1.54, 1.807) is 11.3 Å². The van der Waals surface area contributed by atoms with Crippen molar-refractivity contribution in [3.8, 4) is 0 Å². The molecule has 1 rings (SSSR count). The summed E-state index contributed by atoms with van der Waals surface area (Å²) < 4.78 is 0. The molecule has 0 aliphatic carbocycles. The lowest BCUT2D eigenvalue weighted by Gasteiger charge is -1.97. The minimum Gasteiger partial charge on any atom is -0.318 e. The highest BCUT2D eigenvalue weighted by Gasteiger charge is 2.04. The van der Waals surface area contributed by atoms with Gasteiger partial charge in [-0.25, -0.2) is 0 Å². The molecule has 0 aliphatic rings. The predicted molar refractivity (Wildman–Crippen MR) is 52.7 cm³/mol. The van der Waals surface area contributed by atoms with Gasteiger partial charge in [-0.2, -0.15) is 0 Å². The average molecular weight is 183 g/mol. The second-order valence-corrected chi connectivity index (χ2v) is 3.90. The topological polar surface area (TPSA) is 29.1 Å². The zero-order valence-electron chi connectivity index (χ0n) is 7.60. The molecule has 1 aromatic rings. The van der Waals surface area contributed by atoms with E-state index in [4.69, 9.17) is 0 Å². The first-order chi connectivity index (χ1) is 5.63. The summed E-state index contributed by atoms with van der Waals surface area (Å²) in [6.45, 7) is 5.66. The van der Waals surface area contributed by atoms with Crippen LogP contribution in [0.15, 0.2) is 6.07 Å². The summed E-state index contributed by atoms with van der Waals surface area (Å²) in [6.07, 6.45) is 1.03. The highest BCUT2D eigenvalue weighted by Crippen LogP contribution is 2.27. The quantitative estimate of drug-likeness (QED) is 0.750. The van der Waals surface area contributed by atoms with Crippen molar-refractivity contribution in [1.82, 2.24) is 0 Å². The number of anilines is 1. The van der Waals surface area contributed by atoms with Crippen LogP contribution in [-0.2, 0) is 11.2 Å². The van der Waals surface area contributed by atoms with Crippen molar-refractivity contribution in [2.75, 3.05) is 5.32 Å². The van der Waals surface area contributed by atoms with Crippen molar-refractivity contribution in [2.24, 2.45) is 0 Å². The first kappa shape index (κ1) is 9.26. The van der Waals surface area contributed by atoms with Crippen molar-refractivity contribution < 1.29 is 4.79 Å². The van der Waals surface area contributed by atoms with E-state index in [9.17, 15) is 4.79 Å². The Morgan fingerprint density at radius 2 is 2.33 bits per heavy atom. The SMILES string of the molecule is CCc1cc(C)c(NC(C)=O)s1. The van der Waals surface area contributed by atoms with Crippen molar-refractivity contribution in [3.05, 3.63) is 16.5 Å². The van der Waals surface area contributed by atoms with Gasteiger partial charge < -0.3 is 5.32 Å². The van der Waals surface area contributed by atoms with Gasteiger partial charge in [-0.15, -0.1) is 11.3 Å². The van der Waals surface area contributed by atoms with Gasteiger partial charge in [-0.1, -0.05) is 6.92 Å². The number of carbonyl (C=O) groups is 1. The van der Waals surface area contributed by atoms with E-state index >= 15 is 0 Å². The maximum atomic E-state index is 10.8. The van der Waals surface area contributed by atoms with E-state index in [-0.39, 0.29) is 5.91 Å². The fraction of sp³-hybridized carbons (Fsp3) is 0.444. The molecule has 2 nitrogen and oxygen atoms in total. The van der Waals surface area contributed by atoms with Crippen LogP contribution in [0.25, 0.3) is 0 Å². The average Bonchev–Trinajstić information content (AvgIpc) is 2.31. The van der Waals surface area contributed by atoms with Gasteiger partial charge in [0.1, 0.15) is 0 Å². The highest BCUT2D eigenvalue weighted by atomic mass is 32.1. The largest absolute Gasteiger partial charge is 0.318 e. The molecule has 1 aromatic heterocycles. The van der Waals surface area contributed by atoms with Gasteiger partial charge in [0.15, 0.2) is 0 Å². The van der Waals surface area contributed by atoms with E-state index in [1.165, 1.54) is 11.8 Å². The fourth-order valence-electron chi connectivity index (χ4n) is 1.01. The molecule has 1 heterocycles. The minimum absolute atomic E-state index is 0.00241. The first-order valence-electron chi connectivity index (χ1n) is 4.00. The van der Waals surface area contributed by atoms with Gasteiger partial charge >= 0.3 is 0 Å². The van der Waals surface area contributed by atoms with Crippen LogP contribution in [0.3, 0.4) is 0 Å². The van der Waals surface area contributed by atoms with E-state index in [0.29, 0.717) is 0 Å². The van der Waals surface area contributed by atoms with Crippen LogP contribution in [0.2, 0.25) is 0 Å². The molecular weight excluding hydrogens is 170 g/mol. The van der Waals surface area contributed by atoms with Gasteiger partial charge in [0.25, 0.3) is 0 Å². The van der Waals surface area contributed by atoms with Crippen LogP contribution in [0.5, 0.6) is 0 Å². The lowest BCUT2D eigenvalue weighted by Crippen LogP contribution is -2.04. The predicted octanol–water partition coefficient (Wildman–Crippen LogP) is 2.58. The summed E-state index contributed by atoms with van der Waals surface area (Å²) in [5.74, 6) is 0.00241. The van der Waals surface area contributed by atoms with Gasteiger partial charge in [-0.3, -0.25) is 4.79 Å². The highest BCUT2D eigenvalue weighted by molar-refractivity contribution is 7.16. The Bertz CT molecular complexity index is 291. The molecule has 3 heteroatoms. The molecule has 0 aliphatic heterocycles. The Kier molecular flexibility index (Phi) is 2.87. The summed E-state index contributed by atoms with van der Waals surface area (Å²) in [6, 6.07) is 2.12. The van der Waals surface area contributed by atoms with Crippen LogP contribution in [-0.4, -0.2) is 5.91 Å². The van der Waals surface area contributed by atoms with Crippen LogP contribution >= 0.6 is 11.3 Å². The molecule has 0 spiro atoms. The summed E-state index contributed by atoms with van der Waals surface area (Å²) in [5.41, 5.74) is 1.16. The Balaban J connectivity index is 2.84.